The molecule has 25 heavy (non-hydrogen) atoms. The Morgan fingerprint density at radius 1 is 1.12 bits per heavy atom. The molecule has 0 spiro atoms. The van der Waals surface area contributed by atoms with Crippen LogP contribution in [-0.2, 0) is 21.4 Å². The van der Waals surface area contributed by atoms with Gasteiger partial charge in [0.1, 0.15) is 0 Å². The molecule has 0 unspecified atom stereocenters. The number of amides is 1. The highest BCUT2D eigenvalue weighted by atomic mass is 32.2. The molecule has 0 saturated carbocycles. The first-order chi connectivity index (χ1) is 11.7. The van der Waals surface area contributed by atoms with Gasteiger partial charge < -0.3 is 5.32 Å². The predicted molar refractivity (Wildman–Crippen MR) is 101 cm³/mol. The molecule has 134 valence electrons. The lowest BCUT2D eigenvalue weighted by Gasteiger charge is -2.17. The van der Waals surface area contributed by atoms with E-state index in [2.05, 4.69) is 10.0 Å². The molecule has 0 atom stereocenters. The number of sulfonamides is 1. The van der Waals surface area contributed by atoms with Gasteiger partial charge in [-0.15, -0.1) is 0 Å². The molecule has 0 aromatic heterocycles. The third-order valence-electron chi connectivity index (χ3n) is 3.53. The second-order valence-electron chi connectivity index (χ2n) is 6.11. The number of carbonyl (C=O) groups is 1. The Bertz CT molecular complexity index is 836. The van der Waals surface area contributed by atoms with E-state index in [1.54, 1.807) is 25.1 Å². The summed E-state index contributed by atoms with van der Waals surface area (Å²) in [6.45, 7) is 2.70. The Hall–Kier alpha value is -2.38. The topological polar surface area (TPSA) is 78.5 Å². The van der Waals surface area contributed by atoms with E-state index in [0.717, 1.165) is 17.4 Å². The van der Waals surface area contributed by atoms with Crippen molar-refractivity contribution in [2.45, 2.75) is 13.5 Å². The summed E-state index contributed by atoms with van der Waals surface area (Å²) < 4.78 is 25.2. The zero-order valence-corrected chi connectivity index (χ0v) is 15.4. The van der Waals surface area contributed by atoms with E-state index in [1.807, 2.05) is 42.3 Å². The van der Waals surface area contributed by atoms with Crippen molar-refractivity contribution >= 4 is 27.3 Å². The highest BCUT2D eigenvalue weighted by Crippen LogP contribution is 2.21. The number of benzene rings is 2. The second kappa shape index (κ2) is 8.13. The summed E-state index contributed by atoms with van der Waals surface area (Å²) in [6.07, 6.45) is 1.09. The summed E-state index contributed by atoms with van der Waals surface area (Å²) in [7, 11) is -1.50. The van der Waals surface area contributed by atoms with Crippen LogP contribution in [0.15, 0.2) is 48.5 Å². The lowest BCUT2D eigenvalue weighted by atomic mass is 10.2. The smallest absolute Gasteiger partial charge is 0.238 e. The fourth-order valence-electron chi connectivity index (χ4n) is 2.41. The molecule has 0 heterocycles. The number of anilines is 2. The van der Waals surface area contributed by atoms with Crippen molar-refractivity contribution < 1.29 is 13.2 Å². The molecule has 0 fully saturated rings. The average Bonchev–Trinajstić information content (AvgIpc) is 2.50. The SMILES string of the molecule is Cc1ccc(NC(=O)CN(C)Cc2ccccc2)cc1NS(C)(=O)=O. The van der Waals surface area contributed by atoms with Crippen LogP contribution in [0.5, 0.6) is 0 Å². The first kappa shape index (κ1) is 19.0. The van der Waals surface area contributed by atoms with Gasteiger partial charge in [-0.3, -0.25) is 14.4 Å². The lowest BCUT2D eigenvalue weighted by Crippen LogP contribution is -2.29. The minimum atomic E-state index is -3.37. The van der Waals surface area contributed by atoms with Crippen LogP contribution >= 0.6 is 0 Å². The zero-order chi connectivity index (χ0) is 18.4. The molecule has 7 heteroatoms. The van der Waals surface area contributed by atoms with E-state index >= 15 is 0 Å². The van der Waals surface area contributed by atoms with Crippen LogP contribution in [0.25, 0.3) is 0 Å². The van der Waals surface area contributed by atoms with E-state index in [9.17, 15) is 13.2 Å². The number of nitrogens with one attached hydrogen (secondary N) is 2. The van der Waals surface area contributed by atoms with E-state index in [1.165, 1.54) is 0 Å². The summed E-state index contributed by atoms with van der Waals surface area (Å²) in [5.41, 5.74) is 2.92. The molecule has 0 saturated heterocycles. The van der Waals surface area contributed by atoms with Crippen LogP contribution < -0.4 is 10.0 Å². The van der Waals surface area contributed by atoms with Crippen LogP contribution in [0.2, 0.25) is 0 Å². The minimum Gasteiger partial charge on any atom is -0.325 e. The largest absolute Gasteiger partial charge is 0.325 e. The molecule has 2 rings (SSSR count). The number of rotatable bonds is 7. The maximum atomic E-state index is 12.2. The third-order valence-corrected chi connectivity index (χ3v) is 4.12. The van der Waals surface area contributed by atoms with Gasteiger partial charge in [0.2, 0.25) is 15.9 Å². The molecule has 0 radical (unpaired) electrons. The normalized spacial score (nSPS) is 11.4. The van der Waals surface area contributed by atoms with Crippen LogP contribution in [0, 0.1) is 6.92 Å². The molecule has 1 amide bonds. The number of hydrogen-bond donors (Lipinski definition) is 2. The fraction of sp³-hybridized carbons (Fsp3) is 0.278. The highest BCUT2D eigenvalue weighted by molar-refractivity contribution is 7.92. The number of hydrogen-bond acceptors (Lipinski definition) is 4. The Morgan fingerprint density at radius 2 is 1.80 bits per heavy atom. The van der Waals surface area contributed by atoms with Gasteiger partial charge in [0.05, 0.1) is 18.5 Å². The van der Waals surface area contributed by atoms with Gasteiger partial charge in [-0.05, 0) is 37.2 Å². The maximum absolute atomic E-state index is 12.2. The van der Waals surface area contributed by atoms with Crippen molar-refractivity contribution in [1.29, 1.82) is 0 Å². The number of aryl methyl sites for hydroxylation is 1. The molecule has 0 aliphatic rings. The van der Waals surface area contributed by atoms with E-state index < -0.39 is 10.0 Å². The summed E-state index contributed by atoms with van der Waals surface area (Å²) in [6, 6.07) is 15.0. The molecule has 0 aliphatic carbocycles. The van der Waals surface area contributed by atoms with Gasteiger partial charge in [0.25, 0.3) is 0 Å². The van der Waals surface area contributed by atoms with Crippen molar-refractivity contribution in [2.24, 2.45) is 0 Å². The van der Waals surface area contributed by atoms with Crippen LogP contribution in [-0.4, -0.2) is 39.1 Å². The van der Waals surface area contributed by atoms with Crippen LogP contribution in [0.3, 0.4) is 0 Å². The first-order valence-electron chi connectivity index (χ1n) is 7.84. The van der Waals surface area contributed by atoms with E-state index in [-0.39, 0.29) is 12.5 Å². The molecule has 6 nitrogen and oxygen atoms in total. The Morgan fingerprint density at radius 3 is 2.44 bits per heavy atom. The zero-order valence-electron chi connectivity index (χ0n) is 14.6. The van der Waals surface area contributed by atoms with Crippen LogP contribution in [0.1, 0.15) is 11.1 Å². The summed E-state index contributed by atoms with van der Waals surface area (Å²) in [5.74, 6) is -0.160. The van der Waals surface area contributed by atoms with E-state index in [4.69, 9.17) is 0 Å². The number of carbonyl (C=O) groups excluding carboxylic acids is 1. The van der Waals surface area contributed by atoms with Gasteiger partial charge >= 0.3 is 0 Å². The van der Waals surface area contributed by atoms with Crippen molar-refractivity contribution in [1.82, 2.24) is 4.90 Å². The van der Waals surface area contributed by atoms with Crippen molar-refractivity contribution in [3.8, 4) is 0 Å². The third kappa shape index (κ3) is 6.56. The average molecular weight is 361 g/mol. The van der Waals surface area contributed by atoms with Gasteiger partial charge in [-0.1, -0.05) is 36.4 Å². The molecule has 2 aromatic rings. The second-order valence-corrected chi connectivity index (χ2v) is 7.86. The summed E-state index contributed by atoms with van der Waals surface area (Å²) >= 11 is 0. The lowest BCUT2D eigenvalue weighted by molar-refractivity contribution is -0.117. The standard InChI is InChI=1S/C18H23N3O3S/c1-14-9-10-16(11-17(14)20-25(3,23)24)19-18(22)13-21(2)12-15-7-5-4-6-8-15/h4-11,20H,12-13H2,1-3H3,(H,19,22). The monoisotopic (exact) mass is 361 g/mol. The Balaban J connectivity index is 1.97. The molecule has 2 N–H and O–H groups in total. The number of likely N-dealkylation sites (N-methyl/N-ethyl adjacent to an activating group) is 1. The molecule has 2 aromatic carbocycles. The first-order valence-corrected chi connectivity index (χ1v) is 9.73. The molecular formula is C18H23N3O3S. The summed E-state index contributed by atoms with van der Waals surface area (Å²) in [4.78, 5) is 14.1. The van der Waals surface area contributed by atoms with Crippen molar-refractivity contribution in [3.63, 3.8) is 0 Å². The molecular weight excluding hydrogens is 338 g/mol. The van der Waals surface area contributed by atoms with E-state index in [0.29, 0.717) is 17.9 Å². The molecule has 0 aliphatic heterocycles. The van der Waals surface area contributed by atoms with Crippen LogP contribution in [0.4, 0.5) is 11.4 Å². The number of nitrogens with zero attached hydrogens (tertiary/aromatic N) is 1. The maximum Gasteiger partial charge on any atom is 0.238 e. The van der Waals surface area contributed by atoms with Gasteiger partial charge in [0.15, 0.2) is 0 Å². The van der Waals surface area contributed by atoms with Crippen molar-refractivity contribution in [2.75, 3.05) is 29.9 Å². The quantitative estimate of drug-likeness (QED) is 0.794. The summed E-state index contributed by atoms with van der Waals surface area (Å²) in [5, 5.41) is 2.80. The van der Waals surface area contributed by atoms with Gasteiger partial charge in [-0.25, -0.2) is 8.42 Å². The Labute approximate surface area is 148 Å². The minimum absolute atomic E-state index is 0.160. The predicted octanol–water partition coefficient (Wildman–Crippen LogP) is 2.44. The fourth-order valence-corrected chi connectivity index (χ4v) is 3.03. The van der Waals surface area contributed by atoms with Gasteiger partial charge in [-0.2, -0.15) is 0 Å². The highest BCUT2D eigenvalue weighted by Gasteiger charge is 2.10. The van der Waals surface area contributed by atoms with Crippen molar-refractivity contribution in [3.05, 3.63) is 59.7 Å². The Kier molecular flexibility index (Phi) is 6.17. The van der Waals surface area contributed by atoms with Gasteiger partial charge in [0, 0.05) is 12.2 Å². The molecule has 0 bridgehead atoms.